The maximum Gasteiger partial charge on any atom is 0.223 e. The van der Waals surface area contributed by atoms with Crippen molar-refractivity contribution in [2.24, 2.45) is 11.8 Å². The van der Waals surface area contributed by atoms with Crippen LogP contribution < -0.4 is 5.32 Å². The lowest BCUT2D eigenvalue weighted by Crippen LogP contribution is -2.56. The minimum Gasteiger partial charge on any atom is -0.354 e. The summed E-state index contributed by atoms with van der Waals surface area (Å²) in [6.07, 6.45) is 4.54. The number of hydrogen-bond donors (Lipinski definition) is 1. The Morgan fingerprint density at radius 2 is 2.22 bits per heavy atom. The Bertz CT molecular complexity index is 833. The van der Waals surface area contributed by atoms with Gasteiger partial charge in [0.1, 0.15) is 5.82 Å². The van der Waals surface area contributed by atoms with Crippen LogP contribution in [0.1, 0.15) is 43.1 Å². The van der Waals surface area contributed by atoms with E-state index in [2.05, 4.69) is 38.8 Å². The third kappa shape index (κ3) is 3.52. The molecule has 6 rings (SSSR count). The van der Waals surface area contributed by atoms with Crippen molar-refractivity contribution in [1.82, 2.24) is 20.2 Å². The van der Waals surface area contributed by atoms with Gasteiger partial charge in [0, 0.05) is 36.7 Å². The quantitative estimate of drug-likeness (QED) is 0.863. The molecule has 4 atom stereocenters. The van der Waals surface area contributed by atoms with Gasteiger partial charge in [-0.3, -0.25) is 9.69 Å². The Morgan fingerprint density at radius 1 is 1.33 bits per heavy atom. The zero-order chi connectivity index (χ0) is 18.4. The number of amides is 1. The molecule has 4 aliphatic rings. The molecule has 5 heterocycles. The molecule has 1 N–H and O–H groups in total. The molecule has 4 unspecified atom stereocenters. The summed E-state index contributed by atoms with van der Waals surface area (Å²) in [7, 11) is 0. The van der Waals surface area contributed by atoms with Crippen LogP contribution in [0.4, 0.5) is 0 Å². The smallest absolute Gasteiger partial charge is 0.223 e. The summed E-state index contributed by atoms with van der Waals surface area (Å²) in [4.78, 5) is 25.2. The van der Waals surface area contributed by atoms with E-state index in [1.165, 1.54) is 17.0 Å². The molecule has 4 fully saturated rings. The van der Waals surface area contributed by atoms with Crippen molar-refractivity contribution in [2.75, 3.05) is 19.6 Å². The summed E-state index contributed by atoms with van der Waals surface area (Å²) in [5.74, 6) is 2.56. The predicted octanol–water partition coefficient (Wildman–Crippen LogP) is 3.22. The van der Waals surface area contributed by atoms with E-state index in [9.17, 15) is 4.79 Å². The van der Waals surface area contributed by atoms with E-state index in [1.54, 1.807) is 11.3 Å². The second-order valence-corrected chi connectivity index (χ2v) is 9.21. The minimum absolute atomic E-state index is 0.265. The molecule has 0 aromatic carbocycles. The molecule has 1 amide bonds. The van der Waals surface area contributed by atoms with E-state index in [-0.39, 0.29) is 5.91 Å². The van der Waals surface area contributed by atoms with Gasteiger partial charge in [0.2, 0.25) is 5.91 Å². The average molecular weight is 383 g/mol. The summed E-state index contributed by atoms with van der Waals surface area (Å²) in [6.45, 7) is 5.00. The molecular formula is C21H26N4OS. The Kier molecular flexibility index (Phi) is 4.48. The van der Waals surface area contributed by atoms with E-state index in [0.29, 0.717) is 23.8 Å². The number of thiophene rings is 1. The number of nitrogens with zero attached hydrogens (tertiary/aromatic N) is 3. The number of nitrogens with one attached hydrogen (secondary N) is 1. The Balaban J connectivity index is 1.31. The number of aromatic nitrogens is 2. The summed E-state index contributed by atoms with van der Waals surface area (Å²) in [6, 6.07) is 6.90. The van der Waals surface area contributed by atoms with Crippen LogP contribution in [-0.2, 0) is 4.79 Å². The molecule has 27 heavy (non-hydrogen) atoms. The molecule has 3 saturated heterocycles. The van der Waals surface area contributed by atoms with E-state index in [1.807, 2.05) is 6.92 Å². The van der Waals surface area contributed by atoms with Crippen molar-refractivity contribution in [1.29, 1.82) is 0 Å². The number of carbonyl (C=O) groups is 1. The predicted molar refractivity (Wildman–Crippen MR) is 107 cm³/mol. The van der Waals surface area contributed by atoms with Gasteiger partial charge in [-0.05, 0) is 62.6 Å². The van der Waals surface area contributed by atoms with Gasteiger partial charge in [0.05, 0.1) is 10.6 Å². The van der Waals surface area contributed by atoms with Crippen molar-refractivity contribution < 1.29 is 4.79 Å². The van der Waals surface area contributed by atoms with Gasteiger partial charge in [-0.15, -0.1) is 11.3 Å². The molecule has 2 bridgehead atoms. The second kappa shape index (κ2) is 6.99. The highest BCUT2D eigenvalue weighted by Gasteiger charge is 2.42. The van der Waals surface area contributed by atoms with Crippen molar-refractivity contribution in [3.05, 3.63) is 35.1 Å². The van der Waals surface area contributed by atoms with Gasteiger partial charge >= 0.3 is 0 Å². The summed E-state index contributed by atoms with van der Waals surface area (Å²) in [5.41, 5.74) is 2.25. The highest BCUT2D eigenvalue weighted by Crippen LogP contribution is 2.42. The number of piperidine rings is 3. The number of rotatable bonds is 5. The Labute approximate surface area is 164 Å². The Morgan fingerprint density at radius 3 is 2.93 bits per heavy atom. The summed E-state index contributed by atoms with van der Waals surface area (Å²) < 4.78 is 0. The fraction of sp³-hybridized carbons (Fsp3) is 0.571. The molecule has 0 radical (unpaired) electrons. The largest absolute Gasteiger partial charge is 0.354 e. The topological polar surface area (TPSA) is 58.1 Å². The minimum atomic E-state index is 0.265. The molecule has 2 aromatic heterocycles. The van der Waals surface area contributed by atoms with Crippen molar-refractivity contribution >= 4 is 17.2 Å². The highest BCUT2D eigenvalue weighted by molar-refractivity contribution is 7.13. The standard InChI is InChI=1S/C21H26N4OS/c1-13-23-18(10-19(24-13)20-3-2-8-27-20)17-12-25-7-6-15(17)9-16(25)11-22-21(26)14-4-5-14/h2-3,8,10,14-17H,4-7,9,11-12H2,1H3,(H,22,26). The zero-order valence-electron chi connectivity index (χ0n) is 15.7. The fourth-order valence-electron chi connectivity index (χ4n) is 4.73. The van der Waals surface area contributed by atoms with Crippen LogP contribution >= 0.6 is 11.3 Å². The maximum absolute atomic E-state index is 12.0. The Hall–Kier alpha value is -1.79. The van der Waals surface area contributed by atoms with Crippen LogP contribution in [0.5, 0.6) is 0 Å². The van der Waals surface area contributed by atoms with Gasteiger partial charge in [0.25, 0.3) is 0 Å². The van der Waals surface area contributed by atoms with E-state index >= 15 is 0 Å². The number of aryl methyl sites for hydroxylation is 1. The van der Waals surface area contributed by atoms with Gasteiger partial charge in [-0.1, -0.05) is 6.07 Å². The first kappa shape index (κ1) is 17.3. The van der Waals surface area contributed by atoms with Crippen molar-refractivity contribution in [3.63, 3.8) is 0 Å². The lowest BCUT2D eigenvalue weighted by molar-refractivity contribution is -0.122. The summed E-state index contributed by atoms with van der Waals surface area (Å²) >= 11 is 1.73. The van der Waals surface area contributed by atoms with E-state index in [0.717, 1.165) is 50.4 Å². The van der Waals surface area contributed by atoms with Crippen LogP contribution in [0.3, 0.4) is 0 Å². The molecular weight excluding hydrogens is 356 g/mol. The van der Waals surface area contributed by atoms with Gasteiger partial charge in [0.15, 0.2) is 0 Å². The van der Waals surface area contributed by atoms with Crippen LogP contribution in [0.25, 0.3) is 10.6 Å². The number of fused-ring (bicyclic) bond motifs is 3. The van der Waals surface area contributed by atoms with Crippen LogP contribution in [-0.4, -0.2) is 46.5 Å². The van der Waals surface area contributed by atoms with E-state index in [4.69, 9.17) is 4.98 Å². The van der Waals surface area contributed by atoms with Crippen LogP contribution in [0, 0.1) is 18.8 Å². The monoisotopic (exact) mass is 382 g/mol. The third-order valence-corrected chi connectivity index (χ3v) is 7.24. The van der Waals surface area contributed by atoms with Gasteiger partial charge < -0.3 is 5.32 Å². The zero-order valence-corrected chi connectivity index (χ0v) is 16.5. The van der Waals surface area contributed by atoms with Crippen LogP contribution in [0.2, 0.25) is 0 Å². The molecule has 6 heteroatoms. The van der Waals surface area contributed by atoms with Crippen molar-refractivity contribution in [3.8, 4) is 10.6 Å². The maximum atomic E-state index is 12.0. The molecule has 5 nitrogen and oxygen atoms in total. The normalized spacial score (nSPS) is 29.7. The average Bonchev–Trinajstić information content (AvgIpc) is 3.40. The molecule has 1 aliphatic carbocycles. The molecule has 2 aromatic rings. The van der Waals surface area contributed by atoms with Gasteiger partial charge in [-0.2, -0.15) is 0 Å². The van der Waals surface area contributed by atoms with Crippen LogP contribution in [0.15, 0.2) is 23.6 Å². The molecule has 142 valence electrons. The second-order valence-electron chi connectivity index (χ2n) is 8.26. The molecule has 1 saturated carbocycles. The lowest BCUT2D eigenvalue weighted by Gasteiger charge is -2.49. The fourth-order valence-corrected chi connectivity index (χ4v) is 5.41. The van der Waals surface area contributed by atoms with Crippen molar-refractivity contribution in [2.45, 2.75) is 44.6 Å². The highest BCUT2D eigenvalue weighted by atomic mass is 32.1. The number of hydrogen-bond acceptors (Lipinski definition) is 5. The molecule has 0 spiro atoms. The number of carbonyl (C=O) groups excluding carboxylic acids is 1. The summed E-state index contributed by atoms with van der Waals surface area (Å²) in [5, 5.41) is 5.28. The lowest BCUT2D eigenvalue weighted by atomic mass is 9.74. The third-order valence-electron chi connectivity index (χ3n) is 6.35. The van der Waals surface area contributed by atoms with E-state index < -0.39 is 0 Å². The molecule has 3 aliphatic heterocycles. The first-order valence-corrected chi connectivity index (χ1v) is 11.0. The van der Waals surface area contributed by atoms with Gasteiger partial charge in [-0.25, -0.2) is 9.97 Å². The first-order chi connectivity index (χ1) is 13.2. The first-order valence-electron chi connectivity index (χ1n) is 10.1. The SMILES string of the molecule is Cc1nc(-c2cccs2)cc(C2CN3CCC2CC3CNC(=O)C2CC2)n1.